The van der Waals surface area contributed by atoms with Gasteiger partial charge in [0.05, 0.1) is 30.5 Å². The molecule has 0 saturated heterocycles. The van der Waals surface area contributed by atoms with E-state index in [-0.39, 0.29) is 5.76 Å². The van der Waals surface area contributed by atoms with Crippen LogP contribution < -0.4 is 14.3 Å². The Balaban J connectivity index is 1.81. The van der Waals surface area contributed by atoms with Crippen molar-refractivity contribution in [3.8, 4) is 23.8 Å². The fraction of sp³-hybridized carbons (Fsp3) is 0.182. The SMILES string of the molecule is C#CCn1c(=NC(=O)c2cc3cccc(OCC)c3o2)sc2cc(OC)ccc21. The van der Waals surface area contributed by atoms with E-state index in [2.05, 4.69) is 10.9 Å². The molecule has 29 heavy (non-hydrogen) atoms. The van der Waals surface area contributed by atoms with E-state index in [1.54, 1.807) is 19.2 Å². The molecule has 0 aliphatic heterocycles. The molecule has 4 rings (SSSR count). The molecular weight excluding hydrogens is 388 g/mol. The van der Waals surface area contributed by atoms with Crippen LogP contribution >= 0.6 is 11.3 Å². The van der Waals surface area contributed by atoms with Crippen molar-refractivity contribution in [1.82, 2.24) is 4.57 Å². The molecule has 0 atom stereocenters. The molecule has 0 fully saturated rings. The van der Waals surface area contributed by atoms with E-state index in [4.69, 9.17) is 20.3 Å². The third kappa shape index (κ3) is 3.50. The number of thiazole rings is 1. The fourth-order valence-corrected chi connectivity index (χ4v) is 4.12. The molecule has 0 N–H and O–H groups in total. The smallest absolute Gasteiger partial charge is 0.315 e. The van der Waals surface area contributed by atoms with Gasteiger partial charge in [-0.2, -0.15) is 4.99 Å². The zero-order chi connectivity index (χ0) is 20.4. The molecule has 0 saturated carbocycles. The molecule has 146 valence electrons. The lowest BCUT2D eigenvalue weighted by atomic mass is 10.2. The number of ether oxygens (including phenoxy) is 2. The predicted octanol–water partition coefficient (Wildman–Crippen LogP) is 4.23. The van der Waals surface area contributed by atoms with Gasteiger partial charge in [-0.3, -0.25) is 4.79 Å². The second-order valence-electron chi connectivity index (χ2n) is 6.14. The van der Waals surface area contributed by atoms with Crippen LogP contribution in [0.5, 0.6) is 11.5 Å². The molecule has 2 heterocycles. The third-order valence-electron chi connectivity index (χ3n) is 4.36. The maximum atomic E-state index is 12.8. The first-order chi connectivity index (χ1) is 14.1. The van der Waals surface area contributed by atoms with Crippen LogP contribution in [-0.4, -0.2) is 24.2 Å². The van der Waals surface area contributed by atoms with Crippen molar-refractivity contribution in [3.05, 3.63) is 53.0 Å². The zero-order valence-corrected chi connectivity index (χ0v) is 16.8. The van der Waals surface area contributed by atoms with Crippen LogP contribution in [-0.2, 0) is 6.54 Å². The number of hydrogen-bond donors (Lipinski definition) is 0. The van der Waals surface area contributed by atoms with Gasteiger partial charge >= 0.3 is 5.91 Å². The third-order valence-corrected chi connectivity index (χ3v) is 5.40. The van der Waals surface area contributed by atoms with E-state index < -0.39 is 5.91 Å². The Morgan fingerprint density at radius 2 is 2.17 bits per heavy atom. The van der Waals surface area contributed by atoms with E-state index in [1.165, 1.54) is 11.3 Å². The Bertz CT molecular complexity index is 1320. The van der Waals surface area contributed by atoms with Gasteiger partial charge in [-0.15, -0.1) is 6.42 Å². The van der Waals surface area contributed by atoms with Crippen molar-refractivity contribution >= 4 is 38.4 Å². The highest BCUT2D eigenvalue weighted by molar-refractivity contribution is 7.16. The van der Waals surface area contributed by atoms with Crippen molar-refractivity contribution in [1.29, 1.82) is 0 Å². The number of fused-ring (bicyclic) bond motifs is 2. The summed E-state index contributed by atoms with van der Waals surface area (Å²) in [6.45, 7) is 2.70. The minimum Gasteiger partial charge on any atom is -0.497 e. The highest BCUT2D eigenvalue weighted by atomic mass is 32.1. The molecule has 6 nitrogen and oxygen atoms in total. The van der Waals surface area contributed by atoms with Gasteiger partial charge in [0.2, 0.25) is 0 Å². The average molecular weight is 406 g/mol. The van der Waals surface area contributed by atoms with Crippen LogP contribution in [0.3, 0.4) is 0 Å². The quantitative estimate of drug-likeness (QED) is 0.465. The predicted molar refractivity (Wildman–Crippen MR) is 112 cm³/mol. The van der Waals surface area contributed by atoms with Crippen molar-refractivity contribution in [3.63, 3.8) is 0 Å². The number of amides is 1. The first kappa shape index (κ1) is 18.8. The first-order valence-electron chi connectivity index (χ1n) is 9.00. The molecular formula is C22H18N2O4S. The van der Waals surface area contributed by atoms with Gasteiger partial charge in [-0.25, -0.2) is 0 Å². The molecule has 0 spiro atoms. The van der Waals surface area contributed by atoms with E-state index in [1.807, 2.05) is 41.8 Å². The lowest BCUT2D eigenvalue weighted by Gasteiger charge is -2.02. The molecule has 0 radical (unpaired) electrons. The molecule has 0 aliphatic carbocycles. The van der Waals surface area contributed by atoms with Gasteiger partial charge < -0.3 is 18.5 Å². The van der Waals surface area contributed by atoms with E-state index in [0.29, 0.717) is 29.3 Å². The number of para-hydroxylation sites is 1. The topological polar surface area (TPSA) is 66.0 Å². The number of benzene rings is 2. The molecule has 2 aromatic heterocycles. The van der Waals surface area contributed by atoms with Gasteiger partial charge in [0.1, 0.15) is 5.75 Å². The van der Waals surface area contributed by atoms with Gasteiger partial charge in [0.25, 0.3) is 0 Å². The minimum absolute atomic E-state index is 0.148. The maximum absolute atomic E-state index is 12.8. The Labute approximate surface area is 171 Å². The zero-order valence-electron chi connectivity index (χ0n) is 16.0. The second-order valence-corrected chi connectivity index (χ2v) is 7.15. The summed E-state index contributed by atoms with van der Waals surface area (Å²) in [5, 5.41) is 0.784. The summed E-state index contributed by atoms with van der Waals surface area (Å²) < 4.78 is 19.4. The Hall–Kier alpha value is -3.50. The summed E-state index contributed by atoms with van der Waals surface area (Å²) in [5.74, 6) is 3.61. The second kappa shape index (κ2) is 7.86. The Morgan fingerprint density at radius 1 is 1.31 bits per heavy atom. The molecule has 0 aliphatic rings. The van der Waals surface area contributed by atoms with Crippen LogP contribution in [0.1, 0.15) is 17.5 Å². The van der Waals surface area contributed by atoms with Crippen molar-refractivity contribution in [2.75, 3.05) is 13.7 Å². The number of hydrogen-bond acceptors (Lipinski definition) is 5. The minimum atomic E-state index is -0.479. The Kier molecular flexibility index (Phi) is 5.10. The number of furan rings is 1. The standard InChI is InChI=1S/C22H18N2O4S/c1-4-11-24-16-10-9-15(26-3)13-19(16)29-22(24)23-21(25)18-12-14-7-6-8-17(27-5-2)20(14)28-18/h1,6-10,12-13H,5,11H2,2-3H3. The van der Waals surface area contributed by atoms with Gasteiger partial charge in [0, 0.05) is 5.39 Å². The summed E-state index contributed by atoms with van der Waals surface area (Å²) in [6.07, 6.45) is 5.52. The number of carbonyl (C=O) groups excluding carboxylic acids is 1. The van der Waals surface area contributed by atoms with E-state index in [9.17, 15) is 4.79 Å². The Morgan fingerprint density at radius 3 is 2.93 bits per heavy atom. The number of rotatable bonds is 5. The van der Waals surface area contributed by atoms with Crippen LogP contribution in [0.25, 0.3) is 21.2 Å². The van der Waals surface area contributed by atoms with Gasteiger partial charge in [-0.1, -0.05) is 29.4 Å². The summed E-state index contributed by atoms with van der Waals surface area (Å²) in [6, 6.07) is 12.8. The summed E-state index contributed by atoms with van der Waals surface area (Å²) >= 11 is 1.37. The summed E-state index contributed by atoms with van der Waals surface area (Å²) in [4.78, 5) is 17.6. The number of terminal acetylenes is 1. The molecule has 0 unspecified atom stereocenters. The molecule has 1 amide bonds. The summed E-state index contributed by atoms with van der Waals surface area (Å²) in [5.41, 5.74) is 1.43. The van der Waals surface area contributed by atoms with Crippen molar-refractivity contribution < 1.29 is 18.7 Å². The van der Waals surface area contributed by atoms with Gasteiger partial charge in [-0.05, 0) is 37.3 Å². The van der Waals surface area contributed by atoms with Crippen molar-refractivity contribution in [2.24, 2.45) is 4.99 Å². The normalized spacial score (nSPS) is 11.7. The van der Waals surface area contributed by atoms with Gasteiger partial charge in [0.15, 0.2) is 21.9 Å². The summed E-state index contributed by atoms with van der Waals surface area (Å²) in [7, 11) is 1.61. The van der Waals surface area contributed by atoms with Crippen LogP contribution in [0, 0.1) is 12.3 Å². The van der Waals surface area contributed by atoms with Crippen LogP contribution in [0.4, 0.5) is 0 Å². The first-order valence-corrected chi connectivity index (χ1v) is 9.81. The fourth-order valence-electron chi connectivity index (χ4n) is 3.06. The molecule has 2 aromatic carbocycles. The lowest BCUT2D eigenvalue weighted by molar-refractivity contribution is 0.0973. The highest BCUT2D eigenvalue weighted by Crippen LogP contribution is 2.29. The molecule has 7 heteroatoms. The van der Waals surface area contributed by atoms with Crippen LogP contribution in [0.15, 0.2) is 51.9 Å². The highest BCUT2D eigenvalue weighted by Gasteiger charge is 2.16. The number of methoxy groups -OCH3 is 1. The van der Waals surface area contributed by atoms with E-state index in [0.717, 1.165) is 21.4 Å². The maximum Gasteiger partial charge on any atom is 0.315 e. The van der Waals surface area contributed by atoms with E-state index >= 15 is 0 Å². The monoisotopic (exact) mass is 406 g/mol. The van der Waals surface area contributed by atoms with Crippen molar-refractivity contribution in [2.45, 2.75) is 13.5 Å². The average Bonchev–Trinajstić information content (AvgIpc) is 3.30. The lowest BCUT2D eigenvalue weighted by Crippen LogP contribution is -2.16. The number of aromatic nitrogens is 1. The number of carbonyl (C=O) groups is 1. The number of nitrogens with zero attached hydrogens (tertiary/aromatic N) is 2. The largest absolute Gasteiger partial charge is 0.497 e. The molecule has 0 bridgehead atoms. The van der Waals surface area contributed by atoms with Crippen LogP contribution in [0.2, 0.25) is 0 Å². The molecule has 4 aromatic rings.